The van der Waals surface area contributed by atoms with Crippen molar-refractivity contribution in [3.05, 3.63) is 79.5 Å². The van der Waals surface area contributed by atoms with Crippen molar-refractivity contribution in [1.29, 1.82) is 0 Å². The molecule has 0 bridgehead atoms. The van der Waals surface area contributed by atoms with Crippen molar-refractivity contribution in [3.63, 3.8) is 0 Å². The summed E-state index contributed by atoms with van der Waals surface area (Å²) in [5, 5.41) is 4.37. The maximum Gasteiger partial charge on any atom is 0.346 e. The summed E-state index contributed by atoms with van der Waals surface area (Å²) in [6.45, 7) is 4.63. The fourth-order valence-electron chi connectivity index (χ4n) is 3.95. The molecule has 4 rings (SSSR count). The molecule has 0 aliphatic heterocycles. The largest absolute Gasteiger partial charge is 0.459 e. The molecule has 0 fully saturated rings. The van der Waals surface area contributed by atoms with E-state index in [1.54, 1.807) is 50.2 Å². The number of esters is 1. The van der Waals surface area contributed by atoms with Gasteiger partial charge >= 0.3 is 5.97 Å². The van der Waals surface area contributed by atoms with Gasteiger partial charge in [-0.05, 0) is 55.8 Å². The minimum atomic E-state index is -0.848. The highest BCUT2D eigenvalue weighted by Gasteiger charge is 2.26. The van der Waals surface area contributed by atoms with Gasteiger partial charge in [-0.2, -0.15) is 0 Å². The number of anilines is 1. The lowest BCUT2D eigenvalue weighted by Crippen LogP contribution is -2.30. The highest BCUT2D eigenvalue weighted by atomic mass is 35.5. The number of carbonyl (C=O) groups excluding carboxylic acids is 2. The minimum Gasteiger partial charge on any atom is -0.459 e. The summed E-state index contributed by atoms with van der Waals surface area (Å²) in [4.78, 5) is 43.3. The summed E-state index contributed by atoms with van der Waals surface area (Å²) in [7, 11) is 1.50. The van der Waals surface area contributed by atoms with Crippen LogP contribution in [0.2, 0.25) is 15.1 Å². The monoisotopic (exact) mass is 557 g/mol. The van der Waals surface area contributed by atoms with Gasteiger partial charge < -0.3 is 10.1 Å². The SMILES string of the molecule is CC(=O)Nc1c(C(=O)OC(C)C)c(=O)n(C)c2nc(-c3ccc(Cl)cc3Cl)c(-c3ccc(Cl)cc3)cc12. The second-order valence-corrected chi connectivity index (χ2v) is 9.92. The Morgan fingerprint density at radius 3 is 2.22 bits per heavy atom. The molecule has 0 spiro atoms. The zero-order valence-corrected chi connectivity index (χ0v) is 22.6. The molecule has 0 unspecified atom stereocenters. The van der Waals surface area contributed by atoms with E-state index in [2.05, 4.69) is 5.32 Å². The summed E-state index contributed by atoms with van der Waals surface area (Å²) in [6, 6.07) is 13.9. The highest BCUT2D eigenvalue weighted by molar-refractivity contribution is 6.36. The number of benzene rings is 2. The van der Waals surface area contributed by atoms with Gasteiger partial charge in [0.05, 0.1) is 22.5 Å². The number of rotatable bonds is 5. The van der Waals surface area contributed by atoms with Crippen molar-refractivity contribution in [1.82, 2.24) is 9.55 Å². The molecule has 190 valence electrons. The molecule has 1 amide bonds. The number of fused-ring (bicyclic) bond motifs is 1. The lowest BCUT2D eigenvalue weighted by molar-refractivity contribution is -0.114. The quantitative estimate of drug-likeness (QED) is 0.274. The first-order valence-electron chi connectivity index (χ1n) is 11.3. The van der Waals surface area contributed by atoms with Gasteiger partial charge in [0.15, 0.2) is 0 Å². The number of hydrogen-bond acceptors (Lipinski definition) is 5. The molecule has 0 aliphatic rings. The lowest BCUT2D eigenvalue weighted by Gasteiger charge is -2.19. The van der Waals surface area contributed by atoms with Crippen LogP contribution < -0.4 is 10.9 Å². The summed E-state index contributed by atoms with van der Waals surface area (Å²) in [5.41, 5.74) is 1.71. The van der Waals surface area contributed by atoms with Gasteiger partial charge in [0.2, 0.25) is 5.91 Å². The molecule has 0 aliphatic carbocycles. The Kier molecular flexibility index (Phi) is 7.59. The van der Waals surface area contributed by atoms with Crippen molar-refractivity contribution in [2.24, 2.45) is 7.05 Å². The lowest BCUT2D eigenvalue weighted by atomic mass is 9.97. The number of aryl methyl sites for hydroxylation is 1. The summed E-state index contributed by atoms with van der Waals surface area (Å²) >= 11 is 18.8. The minimum absolute atomic E-state index is 0.0210. The first-order chi connectivity index (χ1) is 17.5. The number of nitrogens with zero attached hydrogens (tertiary/aromatic N) is 2. The molecular weight excluding hydrogens is 537 g/mol. The number of ether oxygens (including phenoxy) is 1. The Hall–Kier alpha value is -3.39. The molecule has 0 atom stereocenters. The zero-order valence-electron chi connectivity index (χ0n) is 20.4. The molecule has 10 heteroatoms. The molecule has 1 N–H and O–H groups in total. The summed E-state index contributed by atoms with van der Waals surface area (Å²) < 4.78 is 6.57. The normalized spacial score (nSPS) is 11.1. The zero-order chi connectivity index (χ0) is 27.0. The van der Waals surface area contributed by atoms with Crippen LogP contribution in [0.25, 0.3) is 33.4 Å². The van der Waals surface area contributed by atoms with Crippen LogP contribution >= 0.6 is 34.8 Å². The molecule has 0 radical (unpaired) electrons. The van der Waals surface area contributed by atoms with Crippen LogP contribution in [0.3, 0.4) is 0 Å². The van der Waals surface area contributed by atoms with E-state index < -0.39 is 23.5 Å². The van der Waals surface area contributed by atoms with Crippen LogP contribution in [0.1, 0.15) is 31.1 Å². The molecule has 0 saturated carbocycles. The van der Waals surface area contributed by atoms with E-state index in [1.807, 2.05) is 12.1 Å². The molecule has 7 nitrogen and oxygen atoms in total. The third-order valence-electron chi connectivity index (χ3n) is 5.55. The third kappa shape index (κ3) is 5.34. The summed E-state index contributed by atoms with van der Waals surface area (Å²) in [5.74, 6) is -1.31. The van der Waals surface area contributed by atoms with E-state index in [9.17, 15) is 14.4 Å². The average Bonchev–Trinajstić information content (AvgIpc) is 2.81. The standard InChI is InChI=1S/C27H22Cl3N3O4/c1-13(2)37-27(36)22-24(31-14(3)34)20-12-19(15-5-7-16(28)8-6-15)23(32-25(20)33(4)26(22)35)18-10-9-17(29)11-21(18)30/h5-13H,1-4H3,(H,31,34). The highest BCUT2D eigenvalue weighted by Crippen LogP contribution is 2.39. The van der Waals surface area contributed by atoms with Crippen LogP contribution in [-0.2, 0) is 16.6 Å². The molecule has 2 aromatic heterocycles. The van der Waals surface area contributed by atoms with E-state index >= 15 is 0 Å². The Labute approximate surface area is 227 Å². The second-order valence-electron chi connectivity index (χ2n) is 8.64. The fraction of sp³-hybridized carbons (Fsp3) is 0.185. The van der Waals surface area contributed by atoms with Crippen molar-refractivity contribution < 1.29 is 14.3 Å². The van der Waals surface area contributed by atoms with Crippen molar-refractivity contribution >= 4 is 63.4 Å². The molecular formula is C27H22Cl3N3O4. The van der Waals surface area contributed by atoms with Crippen LogP contribution in [0.4, 0.5) is 5.69 Å². The number of amides is 1. The van der Waals surface area contributed by atoms with Crippen molar-refractivity contribution in [3.8, 4) is 22.4 Å². The number of aromatic nitrogens is 2. The molecule has 4 aromatic rings. The topological polar surface area (TPSA) is 90.3 Å². The fourth-order valence-corrected chi connectivity index (χ4v) is 4.58. The predicted octanol–water partition coefficient (Wildman–Crippen LogP) is 6.75. The van der Waals surface area contributed by atoms with Crippen LogP contribution in [0.5, 0.6) is 0 Å². The smallest absolute Gasteiger partial charge is 0.346 e. The first-order valence-corrected chi connectivity index (χ1v) is 12.4. The number of halogens is 3. The molecule has 2 heterocycles. The van der Waals surface area contributed by atoms with Crippen LogP contribution in [-0.4, -0.2) is 27.5 Å². The van der Waals surface area contributed by atoms with E-state index in [0.29, 0.717) is 37.3 Å². The van der Waals surface area contributed by atoms with E-state index in [1.165, 1.54) is 18.5 Å². The second kappa shape index (κ2) is 10.5. The van der Waals surface area contributed by atoms with Gasteiger partial charge in [-0.3, -0.25) is 14.2 Å². The number of hydrogen-bond donors (Lipinski definition) is 1. The van der Waals surface area contributed by atoms with Crippen LogP contribution in [0, 0.1) is 0 Å². The number of pyridine rings is 2. The van der Waals surface area contributed by atoms with Gasteiger partial charge in [-0.25, -0.2) is 9.78 Å². The van der Waals surface area contributed by atoms with E-state index in [-0.39, 0.29) is 16.9 Å². The van der Waals surface area contributed by atoms with Crippen LogP contribution in [0.15, 0.2) is 53.3 Å². The first kappa shape index (κ1) is 26.7. The maximum absolute atomic E-state index is 13.4. The summed E-state index contributed by atoms with van der Waals surface area (Å²) in [6.07, 6.45) is -0.477. The molecule has 0 saturated heterocycles. The van der Waals surface area contributed by atoms with Gasteiger partial charge in [0, 0.05) is 40.5 Å². The van der Waals surface area contributed by atoms with Gasteiger partial charge in [0.1, 0.15) is 11.2 Å². The van der Waals surface area contributed by atoms with Crippen molar-refractivity contribution in [2.45, 2.75) is 26.9 Å². The Bertz CT molecular complexity index is 1610. The average molecular weight is 559 g/mol. The third-order valence-corrected chi connectivity index (χ3v) is 6.35. The van der Waals surface area contributed by atoms with E-state index in [4.69, 9.17) is 44.5 Å². The van der Waals surface area contributed by atoms with Gasteiger partial charge in [-0.1, -0.05) is 46.9 Å². The predicted molar refractivity (Wildman–Crippen MR) is 148 cm³/mol. The van der Waals surface area contributed by atoms with Gasteiger partial charge in [-0.15, -0.1) is 0 Å². The van der Waals surface area contributed by atoms with Gasteiger partial charge in [0.25, 0.3) is 5.56 Å². The Morgan fingerprint density at radius 2 is 1.62 bits per heavy atom. The van der Waals surface area contributed by atoms with E-state index in [0.717, 1.165) is 5.56 Å². The molecule has 2 aromatic carbocycles. The number of carbonyl (C=O) groups is 2. The Morgan fingerprint density at radius 1 is 0.973 bits per heavy atom. The Balaban J connectivity index is 2.16. The van der Waals surface area contributed by atoms with Crippen molar-refractivity contribution in [2.75, 3.05) is 5.32 Å². The maximum atomic E-state index is 13.4. The number of nitrogens with one attached hydrogen (secondary N) is 1. The molecule has 37 heavy (non-hydrogen) atoms.